The van der Waals surface area contributed by atoms with E-state index in [1.807, 2.05) is 0 Å². The van der Waals surface area contributed by atoms with Gasteiger partial charge in [-0.2, -0.15) is 0 Å². The maximum absolute atomic E-state index is 4.14. The van der Waals surface area contributed by atoms with E-state index in [4.69, 9.17) is 0 Å². The Bertz CT molecular complexity index is 998. The van der Waals surface area contributed by atoms with Crippen LogP contribution in [0.3, 0.4) is 0 Å². The van der Waals surface area contributed by atoms with Gasteiger partial charge < -0.3 is 0 Å². The standard InChI is InChI=1S/C27H23P/c1-2-28-27(23-16-8-4-9-17-23,24-18-10-5-11-19-24)26-21-13-12-20-25(26)22-14-6-3-7-15-22/h2-21,28H,1H2. The van der Waals surface area contributed by atoms with Crippen LogP contribution in [0.25, 0.3) is 11.1 Å². The highest BCUT2D eigenvalue weighted by atomic mass is 31.1. The van der Waals surface area contributed by atoms with Crippen molar-refractivity contribution in [3.05, 3.63) is 144 Å². The molecule has 28 heavy (non-hydrogen) atoms. The molecule has 0 aliphatic rings. The summed E-state index contributed by atoms with van der Waals surface area (Å²) in [6, 6.07) is 41.1. The third-order valence-electron chi connectivity index (χ3n) is 5.15. The Hall–Kier alpha value is -2.95. The van der Waals surface area contributed by atoms with Gasteiger partial charge in [0.1, 0.15) is 0 Å². The molecule has 0 N–H and O–H groups in total. The van der Waals surface area contributed by atoms with Gasteiger partial charge in [0.25, 0.3) is 0 Å². The normalized spacial score (nSPS) is 11.6. The van der Waals surface area contributed by atoms with E-state index in [9.17, 15) is 0 Å². The van der Waals surface area contributed by atoms with Gasteiger partial charge >= 0.3 is 0 Å². The zero-order valence-corrected chi connectivity index (χ0v) is 16.8. The molecule has 0 saturated heterocycles. The molecule has 4 aromatic rings. The van der Waals surface area contributed by atoms with Gasteiger partial charge in [-0.05, 0) is 27.8 Å². The molecule has 0 aliphatic carbocycles. The summed E-state index contributed by atoms with van der Waals surface area (Å²) in [6.45, 7) is 4.14. The maximum atomic E-state index is 4.14. The van der Waals surface area contributed by atoms with Crippen LogP contribution in [0, 0.1) is 0 Å². The average molecular weight is 378 g/mol. The van der Waals surface area contributed by atoms with Crippen molar-refractivity contribution in [2.75, 3.05) is 0 Å². The maximum Gasteiger partial charge on any atom is 0.0661 e. The molecule has 0 aliphatic heterocycles. The summed E-state index contributed by atoms with van der Waals surface area (Å²) >= 11 is 0. The molecule has 4 aromatic carbocycles. The van der Waals surface area contributed by atoms with Crippen LogP contribution in [0.2, 0.25) is 0 Å². The van der Waals surface area contributed by atoms with Gasteiger partial charge in [0.15, 0.2) is 0 Å². The van der Waals surface area contributed by atoms with Crippen LogP contribution in [0.1, 0.15) is 16.7 Å². The quantitative estimate of drug-likeness (QED) is 0.241. The topological polar surface area (TPSA) is 0 Å². The number of hydrogen-bond acceptors (Lipinski definition) is 0. The lowest BCUT2D eigenvalue weighted by molar-refractivity contribution is 0.893. The minimum atomic E-state index is -0.267. The lowest BCUT2D eigenvalue weighted by Crippen LogP contribution is -2.24. The monoisotopic (exact) mass is 378 g/mol. The second-order valence-corrected chi connectivity index (χ2v) is 8.19. The summed E-state index contributed by atoms with van der Waals surface area (Å²) < 4.78 is 0. The minimum Gasteiger partial charge on any atom is -0.0988 e. The van der Waals surface area contributed by atoms with E-state index in [0.717, 1.165) is 0 Å². The van der Waals surface area contributed by atoms with E-state index in [2.05, 4.69) is 128 Å². The van der Waals surface area contributed by atoms with Gasteiger partial charge in [0, 0.05) is 0 Å². The van der Waals surface area contributed by atoms with Gasteiger partial charge in [-0.15, -0.1) is 0 Å². The molecule has 0 radical (unpaired) electrons. The summed E-state index contributed by atoms with van der Waals surface area (Å²) in [5.74, 6) is 2.07. The van der Waals surface area contributed by atoms with Gasteiger partial charge in [-0.25, -0.2) is 0 Å². The zero-order chi connectivity index (χ0) is 19.2. The summed E-state index contributed by atoms with van der Waals surface area (Å²) in [5.41, 5.74) is 6.41. The van der Waals surface area contributed by atoms with Crippen molar-refractivity contribution in [1.29, 1.82) is 0 Å². The third kappa shape index (κ3) is 3.33. The number of hydrogen-bond donors (Lipinski definition) is 0. The van der Waals surface area contributed by atoms with Crippen molar-refractivity contribution >= 4 is 8.58 Å². The molecule has 1 atom stereocenters. The molecule has 0 bridgehead atoms. The number of rotatable bonds is 6. The van der Waals surface area contributed by atoms with E-state index >= 15 is 0 Å². The minimum absolute atomic E-state index is 0.267. The average Bonchev–Trinajstić information content (AvgIpc) is 2.79. The highest BCUT2D eigenvalue weighted by Gasteiger charge is 2.37. The van der Waals surface area contributed by atoms with Crippen LogP contribution in [-0.4, -0.2) is 0 Å². The van der Waals surface area contributed by atoms with E-state index in [-0.39, 0.29) is 5.16 Å². The molecule has 1 heteroatoms. The molecule has 0 heterocycles. The van der Waals surface area contributed by atoms with Crippen LogP contribution in [0.5, 0.6) is 0 Å². The first-order valence-corrected chi connectivity index (χ1v) is 10.6. The Balaban J connectivity index is 2.07. The van der Waals surface area contributed by atoms with Crippen LogP contribution in [-0.2, 0) is 5.16 Å². The Morgan fingerprint density at radius 3 is 1.57 bits per heavy atom. The molecule has 4 rings (SSSR count). The molecule has 1 unspecified atom stereocenters. The molecule has 0 fully saturated rings. The predicted molar refractivity (Wildman–Crippen MR) is 123 cm³/mol. The molecule has 0 aromatic heterocycles. The van der Waals surface area contributed by atoms with Crippen molar-refractivity contribution in [1.82, 2.24) is 0 Å². The molecule has 0 amide bonds. The van der Waals surface area contributed by atoms with E-state index in [0.29, 0.717) is 8.58 Å². The molecule has 0 nitrogen and oxygen atoms in total. The largest absolute Gasteiger partial charge is 0.0988 e. The fourth-order valence-corrected chi connectivity index (χ4v) is 5.28. The lowest BCUT2D eigenvalue weighted by Gasteiger charge is -2.36. The number of benzene rings is 4. The van der Waals surface area contributed by atoms with Crippen molar-refractivity contribution in [3.63, 3.8) is 0 Å². The van der Waals surface area contributed by atoms with Crippen LogP contribution in [0.4, 0.5) is 0 Å². The first-order chi connectivity index (χ1) is 13.9. The summed E-state index contributed by atoms with van der Waals surface area (Å²) in [5, 5.41) is -0.267. The van der Waals surface area contributed by atoms with Gasteiger partial charge in [0.2, 0.25) is 0 Å². The Morgan fingerprint density at radius 1 is 0.571 bits per heavy atom. The van der Waals surface area contributed by atoms with Crippen molar-refractivity contribution in [2.24, 2.45) is 0 Å². The molecule has 136 valence electrons. The Labute approximate surface area is 169 Å². The molecule has 0 saturated carbocycles. The highest BCUT2D eigenvalue weighted by Crippen LogP contribution is 2.54. The fraction of sp³-hybridized carbons (Fsp3) is 0.0370. The van der Waals surface area contributed by atoms with Gasteiger partial charge in [0.05, 0.1) is 5.16 Å². The third-order valence-corrected chi connectivity index (χ3v) is 6.63. The molecule has 0 spiro atoms. The smallest absolute Gasteiger partial charge is 0.0661 e. The van der Waals surface area contributed by atoms with Gasteiger partial charge in [-0.3, -0.25) is 0 Å². The summed E-state index contributed by atoms with van der Waals surface area (Å²) in [4.78, 5) is 0. The van der Waals surface area contributed by atoms with Crippen molar-refractivity contribution in [3.8, 4) is 11.1 Å². The SMILES string of the molecule is C=CPC(c1ccccc1)(c1ccccc1)c1ccccc1-c1ccccc1. The molecular weight excluding hydrogens is 355 g/mol. The predicted octanol–water partition coefficient (Wildman–Crippen LogP) is 7.47. The van der Waals surface area contributed by atoms with Gasteiger partial charge in [-0.1, -0.05) is 136 Å². The highest BCUT2D eigenvalue weighted by molar-refractivity contribution is 7.43. The van der Waals surface area contributed by atoms with E-state index < -0.39 is 0 Å². The van der Waals surface area contributed by atoms with Crippen LogP contribution in [0.15, 0.2) is 128 Å². The summed E-state index contributed by atoms with van der Waals surface area (Å²) in [7, 11) is 0.514. The summed E-state index contributed by atoms with van der Waals surface area (Å²) in [6.07, 6.45) is 0. The first kappa shape index (κ1) is 18.4. The van der Waals surface area contributed by atoms with Crippen LogP contribution >= 0.6 is 8.58 Å². The van der Waals surface area contributed by atoms with Crippen molar-refractivity contribution < 1.29 is 0 Å². The zero-order valence-electron chi connectivity index (χ0n) is 15.8. The lowest BCUT2D eigenvalue weighted by atomic mass is 9.80. The Morgan fingerprint density at radius 2 is 1.04 bits per heavy atom. The van der Waals surface area contributed by atoms with Crippen molar-refractivity contribution in [2.45, 2.75) is 5.16 Å². The first-order valence-electron chi connectivity index (χ1n) is 9.51. The van der Waals surface area contributed by atoms with E-state index in [1.54, 1.807) is 0 Å². The second kappa shape index (κ2) is 8.38. The second-order valence-electron chi connectivity index (χ2n) is 6.74. The Kier molecular flexibility index (Phi) is 5.51. The molecular formula is C27H23P. The van der Waals surface area contributed by atoms with E-state index in [1.165, 1.54) is 27.8 Å². The fourth-order valence-electron chi connectivity index (χ4n) is 3.93. The van der Waals surface area contributed by atoms with Crippen LogP contribution < -0.4 is 0 Å².